The third kappa shape index (κ3) is 4.12. The van der Waals surface area contributed by atoms with Gasteiger partial charge in [-0.25, -0.2) is 4.98 Å². The highest BCUT2D eigenvalue weighted by molar-refractivity contribution is 5.98. The first-order chi connectivity index (χ1) is 14.2. The maximum atomic E-state index is 9.69. The Bertz CT molecular complexity index is 917. The third-order valence-electron chi connectivity index (χ3n) is 5.84. The fourth-order valence-corrected chi connectivity index (χ4v) is 4.29. The first kappa shape index (κ1) is 19.5. The van der Waals surface area contributed by atoms with Crippen LogP contribution in [0.25, 0.3) is 0 Å². The second kappa shape index (κ2) is 8.66. The molecule has 0 saturated carbocycles. The molecule has 0 bridgehead atoms. The number of hydrogen-bond donors (Lipinski definition) is 1. The van der Waals surface area contributed by atoms with Crippen molar-refractivity contribution >= 4 is 5.84 Å². The quantitative estimate of drug-likeness (QED) is 0.277. The standard InChI is InChI=1S/C23H28N4O2/c1-3-11-26-12-14-27(15-13-26)23(25-28)18-9-10-24-22(16-18)29-21-8-7-17(2)19-5-4-6-20(19)21/h3,7-10,16,28H,1,4-6,11-15H2,2H3/b25-23-. The molecule has 29 heavy (non-hydrogen) atoms. The topological polar surface area (TPSA) is 61.2 Å². The molecule has 2 heterocycles. The van der Waals surface area contributed by atoms with Crippen LogP contribution >= 0.6 is 0 Å². The lowest BCUT2D eigenvalue weighted by atomic mass is 10.0. The molecule has 1 aliphatic heterocycles. The molecule has 1 aromatic heterocycles. The zero-order valence-electron chi connectivity index (χ0n) is 17.0. The van der Waals surface area contributed by atoms with Crippen molar-refractivity contribution in [3.05, 3.63) is 65.4 Å². The Balaban J connectivity index is 1.52. The van der Waals surface area contributed by atoms with E-state index < -0.39 is 0 Å². The van der Waals surface area contributed by atoms with Crippen LogP contribution in [0.2, 0.25) is 0 Å². The van der Waals surface area contributed by atoms with Crippen molar-refractivity contribution < 1.29 is 9.94 Å². The molecule has 2 aromatic rings. The SMILES string of the molecule is C=CCN1CCN(/C(=N\O)c2ccnc(Oc3ccc(C)c4c3CCC4)c2)CC1. The molecule has 0 spiro atoms. The van der Waals surface area contributed by atoms with Crippen LogP contribution < -0.4 is 4.74 Å². The van der Waals surface area contributed by atoms with Crippen molar-refractivity contribution in [3.8, 4) is 11.6 Å². The predicted molar refractivity (Wildman–Crippen MR) is 114 cm³/mol. The van der Waals surface area contributed by atoms with Gasteiger partial charge in [-0.1, -0.05) is 17.3 Å². The molecule has 1 aliphatic carbocycles. The Labute approximate surface area is 172 Å². The van der Waals surface area contributed by atoms with Gasteiger partial charge in [-0.3, -0.25) is 4.90 Å². The molecule has 1 fully saturated rings. The summed E-state index contributed by atoms with van der Waals surface area (Å²) in [4.78, 5) is 8.81. The van der Waals surface area contributed by atoms with Crippen LogP contribution in [0.3, 0.4) is 0 Å². The number of rotatable bonds is 5. The number of ether oxygens (including phenoxy) is 1. The average Bonchev–Trinajstić information content (AvgIpc) is 3.24. The highest BCUT2D eigenvalue weighted by atomic mass is 16.5. The molecule has 0 amide bonds. The van der Waals surface area contributed by atoms with E-state index in [-0.39, 0.29) is 0 Å². The van der Waals surface area contributed by atoms with E-state index in [2.05, 4.69) is 39.5 Å². The minimum Gasteiger partial charge on any atom is -0.439 e. The molecule has 0 atom stereocenters. The van der Waals surface area contributed by atoms with Crippen LogP contribution in [-0.4, -0.2) is 58.6 Å². The lowest BCUT2D eigenvalue weighted by Crippen LogP contribution is -2.48. The summed E-state index contributed by atoms with van der Waals surface area (Å²) in [7, 11) is 0. The van der Waals surface area contributed by atoms with E-state index in [0.717, 1.165) is 56.9 Å². The van der Waals surface area contributed by atoms with Gasteiger partial charge in [0.1, 0.15) is 5.75 Å². The normalized spacial score (nSPS) is 17.3. The number of amidine groups is 1. The summed E-state index contributed by atoms with van der Waals surface area (Å²) >= 11 is 0. The van der Waals surface area contributed by atoms with Crippen LogP contribution in [-0.2, 0) is 12.8 Å². The van der Waals surface area contributed by atoms with Crippen molar-refractivity contribution in [2.24, 2.45) is 5.16 Å². The average molecular weight is 393 g/mol. The number of fused-ring (bicyclic) bond motifs is 1. The molecular formula is C23H28N4O2. The Kier molecular flexibility index (Phi) is 5.81. The Morgan fingerprint density at radius 2 is 2.00 bits per heavy atom. The van der Waals surface area contributed by atoms with Gasteiger partial charge in [0.25, 0.3) is 0 Å². The van der Waals surface area contributed by atoms with Gasteiger partial charge in [-0.05, 0) is 55.0 Å². The molecule has 1 saturated heterocycles. The van der Waals surface area contributed by atoms with E-state index in [1.807, 2.05) is 24.3 Å². The van der Waals surface area contributed by atoms with E-state index in [9.17, 15) is 5.21 Å². The molecule has 1 N–H and O–H groups in total. The summed E-state index contributed by atoms with van der Waals surface area (Å²) in [5.74, 6) is 1.96. The van der Waals surface area contributed by atoms with Gasteiger partial charge >= 0.3 is 0 Å². The molecule has 6 heteroatoms. The summed E-state index contributed by atoms with van der Waals surface area (Å²) in [5, 5.41) is 13.3. The van der Waals surface area contributed by atoms with Gasteiger partial charge in [-0.2, -0.15) is 0 Å². The lowest BCUT2D eigenvalue weighted by molar-refractivity contribution is 0.192. The van der Waals surface area contributed by atoms with Crippen LogP contribution in [0, 0.1) is 6.92 Å². The van der Waals surface area contributed by atoms with Crippen molar-refractivity contribution in [1.82, 2.24) is 14.8 Å². The Morgan fingerprint density at radius 1 is 1.21 bits per heavy atom. The van der Waals surface area contributed by atoms with Gasteiger partial charge in [0.05, 0.1) is 0 Å². The van der Waals surface area contributed by atoms with Crippen LogP contribution in [0.5, 0.6) is 11.6 Å². The van der Waals surface area contributed by atoms with Crippen molar-refractivity contribution in [2.75, 3.05) is 32.7 Å². The summed E-state index contributed by atoms with van der Waals surface area (Å²) < 4.78 is 6.16. The zero-order chi connectivity index (χ0) is 20.2. The van der Waals surface area contributed by atoms with Crippen LogP contribution in [0.4, 0.5) is 0 Å². The molecule has 1 aromatic carbocycles. The smallest absolute Gasteiger partial charge is 0.219 e. The minimum absolute atomic E-state index is 0.520. The lowest BCUT2D eigenvalue weighted by Gasteiger charge is -2.35. The molecule has 2 aliphatic rings. The van der Waals surface area contributed by atoms with Gasteiger partial charge in [0, 0.05) is 50.6 Å². The molecule has 6 nitrogen and oxygen atoms in total. The van der Waals surface area contributed by atoms with Gasteiger partial charge < -0.3 is 14.8 Å². The highest BCUT2D eigenvalue weighted by Crippen LogP contribution is 2.35. The maximum Gasteiger partial charge on any atom is 0.219 e. The molecular weight excluding hydrogens is 364 g/mol. The summed E-state index contributed by atoms with van der Waals surface area (Å²) in [6, 6.07) is 7.87. The number of nitrogens with zero attached hydrogens (tertiary/aromatic N) is 4. The molecule has 0 unspecified atom stereocenters. The van der Waals surface area contributed by atoms with Crippen molar-refractivity contribution in [1.29, 1.82) is 0 Å². The van der Waals surface area contributed by atoms with Crippen molar-refractivity contribution in [2.45, 2.75) is 26.2 Å². The van der Waals surface area contributed by atoms with Crippen LogP contribution in [0.1, 0.15) is 28.7 Å². The van der Waals surface area contributed by atoms with Crippen molar-refractivity contribution in [3.63, 3.8) is 0 Å². The molecule has 152 valence electrons. The van der Waals surface area contributed by atoms with E-state index in [1.54, 1.807) is 6.20 Å². The number of benzene rings is 1. The molecule has 0 radical (unpaired) electrons. The van der Waals surface area contributed by atoms with E-state index in [0.29, 0.717) is 11.7 Å². The summed E-state index contributed by atoms with van der Waals surface area (Å²) in [6.07, 6.45) is 6.96. The summed E-state index contributed by atoms with van der Waals surface area (Å²) in [5.41, 5.74) is 4.84. The van der Waals surface area contributed by atoms with E-state index in [1.165, 1.54) is 23.1 Å². The number of piperazine rings is 1. The second-order valence-electron chi connectivity index (χ2n) is 7.68. The fraction of sp³-hybridized carbons (Fsp3) is 0.391. The van der Waals surface area contributed by atoms with E-state index in [4.69, 9.17) is 4.74 Å². The van der Waals surface area contributed by atoms with Gasteiger partial charge in [-0.15, -0.1) is 6.58 Å². The fourth-order valence-electron chi connectivity index (χ4n) is 4.29. The number of aromatic nitrogens is 1. The number of hydrogen-bond acceptors (Lipinski definition) is 5. The Morgan fingerprint density at radius 3 is 2.76 bits per heavy atom. The maximum absolute atomic E-state index is 9.69. The zero-order valence-corrected chi connectivity index (χ0v) is 17.0. The van der Waals surface area contributed by atoms with E-state index >= 15 is 0 Å². The number of pyridine rings is 1. The van der Waals surface area contributed by atoms with Gasteiger partial charge in [0.15, 0.2) is 5.84 Å². The number of oxime groups is 1. The minimum atomic E-state index is 0.520. The summed E-state index contributed by atoms with van der Waals surface area (Å²) in [6.45, 7) is 10.3. The first-order valence-electron chi connectivity index (χ1n) is 10.3. The molecule has 4 rings (SSSR count). The Hall–Kier alpha value is -2.86. The van der Waals surface area contributed by atoms with Gasteiger partial charge in [0.2, 0.25) is 5.88 Å². The number of aryl methyl sites for hydroxylation is 1. The largest absolute Gasteiger partial charge is 0.439 e. The van der Waals surface area contributed by atoms with Crippen LogP contribution in [0.15, 0.2) is 48.3 Å². The second-order valence-corrected chi connectivity index (χ2v) is 7.68. The first-order valence-corrected chi connectivity index (χ1v) is 10.3. The predicted octanol–water partition coefficient (Wildman–Crippen LogP) is 3.61. The monoisotopic (exact) mass is 392 g/mol. The third-order valence-corrected chi connectivity index (χ3v) is 5.84. The highest BCUT2D eigenvalue weighted by Gasteiger charge is 2.22.